The Balaban J connectivity index is 1.53. The number of likely N-dealkylation sites (tertiary alicyclic amines) is 1. The average Bonchev–Trinajstić information content (AvgIpc) is 2.96. The highest BCUT2D eigenvalue weighted by Gasteiger charge is 2.24. The van der Waals surface area contributed by atoms with Crippen LogP contribution in [0.2, 0.25) is 0 Å². The van der Waals surface area contributed by atoms with Crippen molar-refractivity contribution in [2.45, 2.75) is 19.1 Å². The van der Waals surface area contributed by atoms with Crippen molar-refractivity contribution in [3.63, 3.8) is 0 Å². The van der Waals surface area contributed by atoms with E-state index in [-0.39, 0.29) is 11.8 Å². The zero-order chi connectivity index (χ0) is 15.4. The molecule has 0 radical (unpaired) electrons. The minimum absolute atomic E-state index is 0.0320. The van der Waals surface area contributed by atoms with E-state index in [2.05, 4.69) is 14.9 Å². The summed E-state index contributed by atoms with van der Waals surface area (Å²) >= 11 is 0. The number of nitrogens with zero attached hydrogens (tertiary/aromatic N) is 3. The van der Waals surface area contributed by atoms with Crippen molar-refractivity contribution in [1.82, 2.24) is 14.9 Å². The standard InChI is InChI=1S/C16H17N3O3/c20-16(21)15-9-17-12(8-18-15)10-19-7-6-14(11-19)22-13-4-2-1-3-5-13/h1-5,8-9,14H,6-7,10-11H2,(H,20,21)/t14-/m1/s1. The summed E-state index contributed by atoms with van der Waals surface area (Å²) < 4.78 is 5.94. The van der Waals surface area contributed by atoms with Gasteiger partial charge in [-0.2, -0.15) is 0 Å². The molecule has 3 rings (SSSR count). The first-order valence-corrected chi connectivity index (χ1v) is 7.19. The van der Waals surface area contributed by atoms with E-state index in [0.717, 1.165) is 31.0 Å². The number of para-hydroxylation sites is 1. The molecule has 1 fully saturated rings. The maximum Gasteiger partial charge on any atom is 0.356 e. The second-order valence-electron chi connectivity index (χ2n) is 5.27. The molecule has 1 aromatic heterocycles. The summed E-state index contributed by atoms with van der Waals surface area (Å²) in [5, 5.41) is 8.81. The first-order chi connectivity index (χ1) is 10.7. The first-order valence-electron chi connectivity index (χ1n) is 7.19. The molecule has 0 saturated carbocycles. The van der Waals surface area contributed by atoms with Gasteiger partial charge in [0.05, 0.1) is 18.1 Å². The Labute approximate surface area is 128 Å². The van der Waals surface area contributed by atoms with Gasteiger partial charge < -0.3 is 9.84 Å². The molecule has 114 valence electrons. The molecule has 2 aromatic rings. The Morgan fingerprint density at radius 2 is 2.09 bits per heavy atom. The van der Waals surface area contributed by atoms with E-state index in [1.807, 2.05) is 30.3 Å². The Bertz CT molecular complexity index is 631. The van der Waals surface area contributed by atoms with Crippen LogP contribution in [0.4, 0.5) is 0 Å². The third kappa shape index (κ3) is 3.59. The van der Waals surface area contributed by atoms with Gasteiger partial charge in [-0.05, 0) is 18.6 Å². The van der Waals surface area contributed by atoms with Gasteiger partial charge in [-0.1, -0.05) is 18.2 Å². The largest absolute Gasteiger partial charge is 0.489 e. The molecule has 0 aliphatic carbocycles. The zero-order valence-corrected chi connectivity index (χ0v) is 12.1. The Hall–Kier alpha value is -2.47. The van der Waals surface area contributed by atoms with Crippen molar-refractivity contribution in [3.05, 3.63) is 54.1 Å². The van der Waals surface area contributed by atoms with Crippen LogP contribution >= 0.6 is 0 Å². The normalized spacial score (nSPS) is 18.3. The van der Waals surface area contributed by atoms with E-state index < -0.39 is 5.97 Å². The van der Waals surface area contributed by atoms with Crippen LogP contribution in [0.25, 0.3) is 0 Å². The number of carboxylic acids is 1. The van der Waals surface area contributed by atoms with Crippen LogP contribution in [0.3, 0.4) is 0 Å². The lowest BCUT2D eigenvalue weighted by molar-refractivity contribution is 0.0690. The molecule has 6 nitrogen and oxygen atoms in total. The van der Waals surface area contributed by atoms with E-state index >= 15 is 0 Å². The highest BCUT2D eigenvalue weighted by atomic mass is 16.5. The summed E-state index contributed by atoms with van der Waals surface area (Å²) in [7, 11) is 0. The highest BCUT2D eigenvalue weighted by Crippen LogP contribution is 2.19. The van der Waals surface area contributed by atoms with Crippen LogP contribution in [0.1, 0.15) is 22.6 Å². The summed E-state index contributed by atoms with van der Waals surface area (Å²) in [6, 6.07) is 9.80. The van der Waals surface area contributed by atoms with Gasteiger partial charge in [0.2, 0.25) is 0 Å². The number of benzene rings is 1. The summed E-state index contributed by atoms with van der Waals surface area (Å²) in [4.78, 5) is 21.0. The molecule has 2 heterocycles. The molecule has 1 saturated heterocycles. The van der Waals surface area contributed by atoms with Gasteiger partial charge in [-0.3, -0.25) is 9.88 Å². The molecule has 22 heavy (non-hydrogen) atoms. The SMILES string of the molecule is O=C(O)c1cnc(CN2CC[C@@H](Oc3ccccc3)C2)cn1. The van der Waals surface area contributed by atoms with E-state index in [1.54, 1.807) is 0 Å². The molecule has 0 unspecified atom stereocenters. The van der Waals surface area contributed by atoms with Crippen molar-refractivity contribution in [2.24, 2.45) is 0 Å². The van der Waals surface area contributed by atoms with Gasteiger partial charge in [-0.25, -0.2) is 9.78 Å². The highest BCUT2D eigenvalue weighted by molar-refractivity contribution is 5.84. The van der Waals surface area contributed by atoms with Gasteiger partial charge in [0.15, 0.2) is 5.69 Å². The topological polar surface area (TPSA) is 75.5 Å². The maximum atomic E-state index is 10.7. The Morgan fingerprint density at radius 1 is 1.27 bits per heavy atom. The Morgan fingerprint density at radius 3 is 2.77 bits per heavy atom. The number of rotatable bonds is 5. The smallest absolute Gasteiger partial charge is 0.356 e. The molecule has 1 aliphatic heterocycles. The van der Waals surface area contributed by atoms with E-state index in [9.17, 15) is 4.79 Å². The predicted molar refractivity (Wildman–Crippen MR) is 79.7 cm³/mol. The fraction of sp³-hybridized carbons (Fsp3) is 0.312. The number of carboxylic acid groups (broad SMARTS) is 1. The fourth-order valence-electron chi connectivity index (χ4n) is 2.50. The van der Waals surface area contributed by atoms with Gasteiger partial charge >= 0.3 is 5.97 Å². The van der Waals surface area contributed by atoms with Crippen LogP contribution in [0.5, 0.6) is 5.75 Å². The van der Waals surface area contributed by atoms with Gasteiger partial charge in [0.1, 0.15) is 11.9 Å². The van der Waals surface area contributed by atoms with Crippen molar-refractivity contribution >= 4 is 5.97 Å². The second-order valence-corrected chi connectivity index (χ2v) is 5.27. The van der Waals surface area contributed by atoms with Crippen molar-refractivity contribution in [3.8, 4) is 5.75 Å². The van der Waals surface area contributed by atoms with Crippen molar-refractivity contribution in [2.75, 3.05) is 13.1 Å². The molecule has 0 amide bonds. The van der Waals surface area contributed by atoms with Gasteiger partial charge in [0, 0.05) is 19.6 Å². The summed E-state index contributed by atoms with van der Waals surface area (Å²) in [5.41, 5.74) is 0.737. The molecule has 0 bridgehead atoms. The molecule has 6 heteroatoms. The van der Waals surface area contributed by atoms with Crippen molar-refractivity contribution in [1.29, 1.82) is 0 Å². The average molecular weight is 299 g/mol. The monoisotopic (exact) mass is 299 g/mol. The summed E-state index contributed by atoms with van der Waals surface area (Å²) in [6.45, 7) is 2.42. The molecule has 1 atom stereocenters. The second kappa shape index (κ2) is 6.53. The number of carbonyl (C=O) groups is 1. The molecule has 1 N–H and O–H groups in total. The first kappa shape index (κ1) is 14.5. The quantitative estimate of drug-likeness (QED) is 0.907. The lowest BCUT2D eigenvalue weighted by atomic mass is 10.3. The lowest BCUT2D eigenvalue weighted by Gasteiger charge is -2.16. The van der Waals surface area contributed by atoms with Crippen LogP contribution < -0.4 is 4.74 Å². The number of hydrogen-bond acceptors (Lipinski definition) is 5. The molecule has 1 aliphatic rings. The third-order valence-corrected chi connectivity index (χ3v) is 3.59. The summed E-state index contributed by atoms with van der Waals surface area (Å²) in [6.07, 6.45) is 3.96. The van der Waals surface area contributed by atoms with E-state index in [0.29, 0.717) is 6.54 Å². The van der Waals surface area contributed by atoms with Gasteiger partial charge in [0.25, 0.3) is 0 Å². The van der Waals surface area contributed by atoms with Crippen LogP contribution in [-0.4, -0.2) is 45.1 Å². The van der Waals surface area contributed by atoms with Crippen LogP contribution in [0, 0.1) is 0 Å². The predicted octanol–water partition coefficient (Wildman–Crippen LogP) is 1.83. The lowest BCUT2D eigenvalue weighted by Crippen LogP contribution is -2.25. The van der Waals surface area contributed by atoms with Gasteiger partial charge in [-0.15, -0.1) is 0 Å². The molecular formula is C16H17N3O3. The van der Waals surface area contributed by atoms with Crippen molar-refractivity contribution < 1.29 is 14.6 Å². The Kier molecular flexibility index (Phi) is 4.29. The van der Waals surface area contributed by atoms with E-state index in [4.69, 9.17) is 9.84 Å². The zero-order valence-electron chi connectivity index (χ0n) is 12.1. The minimum atomic E-state index is -1.06. The van der Waals surface area contributed by atoms with E-state index in [1.165, 1.54) is 12.4 Å². The fourth-order valence-corrected chi connectivity index (χ4v) is 2.50. The number of ether oxygens (including phenoxy) is 1. The summed E-state index contributed by atoms with van der Waals surface area (Å²) in [5.74, 6) is -0.170. The molecular weight excluding hydrogens is 282 g/mol. The third-order valence-electron chi connectivity index (χ3n) is 3.59. The number of aromatic nitrogens is 2. The van der Waals surface area contributed by atoms with Crippen LogP contribution in [-0.2, 0) is 6.54 Å². The van der Waals surface area contributed by atoms with Crippen LogP contribution in [0.15, 0.2) is 42.7 Å². The molecule has 0 spiro atoms. The number of aromatic carboxylic acids is 1. The number of hydrogen-bond donors (Lipinski definition) is 1. The molecule has 1 aromatic carbocycles. The maximum absolute atomic E-state index is 10.7. The minimum Gasteiger partial charge on any atom is -0.489 e.